The van der Waals surface area contributed by atoms with Gasteiger partial charge in [0.1, 0.15) is 5.75 Å². The lowest BCUT2D eigenvalue weighted by Crippen LogP contribution is -2.14. The summed E-state index contributed by atoms with van der Waals surface area (Å²) in [5, 5.41) is 3.40. The lowest BCUT2D eigenvalue weighted by Gasteiger charge is -2.13. The molecule has 0 radical (unpaired) electrons. The number of pyridine rings is 2. The van der Waals surface area contributed by atoms with Crippen molar-refractivity contribution in [3.63, 3.8) is 0 Å². The van der Waals surface area contributed by atoms with Gasteiger partial charge < -0.3 is 4.74 Å². The van der Waals surface area contributed by atoms with Crippen molar-refractivity contribution >= 4 is 32.6 Å². The topological polar surface area (TPSA) is 77.0 Å². The smallest absolute Gasteiger partial charge is 0.259 e. The van der Waals surface area contributed by atoms with E-state index in [0.717, 1.165) is 27.0 Å². The number of ether oxygens (including phenoxy) is 1. The van der Waals surface area contributed by atoms with E-state index < -0.39 is 0 Å². The first-order valence-electron chi connectivity index (χ1n) is 8.27. The maximum Gasteiger partial charge on any atom is 0.259 e. The molecule has 0 atom stereocenters. The average molecular weight is 376 g/mol. The molecule has 3 heterocycles. The molecular weight excluding hydrogens is 360 g/mol. The molecule has 1 N–H and O–H groups in total. The van der Waals surface area contributed by atoms with Crippen LogP contribution in [0.1, 0.15) is 16.1 Å². The zero-order valence-electron chi connectivity index (χ0n) is 14.8. The number of para-hydroxylation sites is 1. The quantitative estimate of drug-likeness (QED) is 0.574. The second-order valence-corrected chi connectivity index (χ2v) is 6.92. The number of rotatable bonds is 4. The first-order valence-corrected chi connectivity index (χ1v) is 9.09. The van der Waals surface area contributed by atoms with E-state index in [2.05, 4.69) is 20.3 Å². The van der Waals surface area contributed by atoms with Gasteiger partial charge in [0.2, 0.25) is 0 Å². The van der Waals surface area contributed by atoms with Crippen molar-refractivity contribution in [2.75, 3.05) is 12.4 Å². The predicted molar refractivity (Wildman–Crippen MR) is 106 cm³/mol. The molecule has 0 aliphatic rings. The van der Waals surface area contributed by atoms with Crippen LogP contribution in [0.5, 0.6) is 5.75 Å². The van der Waals surface area contributed by atoms with Crippen LogP contribution < -0.4 is 10.1 Å². The summed E-state index contributed by atoms with van der Waals surface area (Å²) in [6, 6.07) is 11.3. The van der Waals surface area contributed by atoms with E-state index in [9.17, 15) is 4.79 Å². The number of aromatic nitrogens is 3. The summed E-state index contributed by atoms with van der Waals surface area (Å²) in [6.07, 6.45) is 5.00. The van der Waals surface area contributed by atoms with Crippen LogP contribution in [0, 0.1) is 6.92 Å². The Hall–Kier alpha value is -3.32. The van der Waals surface area contributed by atoms with Crippen LogP contribution >= 0.6 is 11.3 Å². The van der Waals surface area contributed by atoms with Crippen molar-refractivity contribution in [3.8, 4) is 16.9 Å². The molecule has 1 aromatic carbocycles. The molecule has 134 valence electrons. The third-order valence-electron chi connectivity index (χ3n) is 4.09. The van der Waals surface area contributed by atoms with E-state index >= 15 is 0 Å². The summed E-state index contributed by atoms with van der Waals surface area (Å²) in [5.74, 6) is 0.429. The molecule has 0 saturated carbocycles. The zero-order chi connectivity index (χ0) is 18.8. The Bertz CT molecular complexity index is 1110. The minimum absolute atomic E-state index is 0.268. The molecule has 0 fully saturated rings. The highest BCUT2D eigenvalue weighted by Gasteiger charge is 2.18. The maximum atomic E-state index is 13.0. The summed E-state index contributed by atoms with van der Waals surface area (Å²) in [5.41, 5.74) is 3.68. The van der Waals surface area contributed by atoms with Gasteiger partial charge >= 0.3 is 0 Å². The van der Waals surface area contributed by atoms with Gasteiger partial charge in [0.15, 0.2) is 5.13 Å². The van der Waals surface area contributed by atoms with Crippen LogP contribution in [-0.4, -0.2) is 28.0 Å². The van der Waals surface area contributed by atoms with Crippen molar-refractivity contribution in [2.24, 2.45) is 0 Å². The third kappa shape index (κ3) is 3.37. The molecule has 27 heavy (non-hydrogen) atoms. The average Bonchev–Trinajstić information content (AvgIpc) is 3.10. The molecule has 1 amide bonds. The van der Waals surface area contributed by atoms with Crippen LogP contribution in [0.2, 0.25) is 0 Å². The zero-order valence-corrected chi connectivity index (χ0v) is 15.6. The normalized spacial score (nSPS) is 10.7. The van der Waals surface area contributed by atoms with Crippen molar-refractivity contribution in [1.29, 1.82) is 0 Å². The standard InChI is InChI=1S/C20H16N4O2S/c1-12-9-14(13-5-3-4-6-17(13)26-2)15(10-22-12)19(25)24-20-23-16-7-8-21-11-18(16)27-20/h3-11H,1-2H3,(H,23,24,25). The molecule has 6 nitrogen and oxygen atoms in total. The highest BCUT2D eigenvalue weighted by atomic mass is 32.1. The number of amides is 1. The van der Waals surface area contributed by atoms with E-state index in [0.29, 0.717) is 16.4 Å². The van der Waals surface area contributed by atoms with Crippen molar-refractivity contribution in [3.05, 3.63) is 66.2 Å². The summed E-state index contributed by atoms with van der Waals surface area (Å²) in [7, 11) is 1.61. The highest BCUT2D eigenvalue weighted by molar-refractivity contribution is 7.22. The fourth-order valence-electron chi connectivity index (χ4n) is 2.83. The number of carbonyl (C=O) groups is 1. The number of aryl methyl sites for hydroxylation is 1. The van der Waals surface area contributed by atoms with E-state index in [-0.39, 0.29) is 5.91 Å². The second kappa shape index (κ2) is 7.13. The number of nitrogens with one attached hydrogen (secondary N) is 1. The minimum atomic E-state index is -0.268. The Morgan fingerprint density at radius 3 is 2.81 bits per heavy atom. The lowest BCUT2D eigenvalue weighted by atomic mass is 9.99. The van der Waals surface area contributed by atoms with Crippen LogP contribution in [-0.2, 0) is 0 Å². The number of thiazole rings is 1. The molecule has 0 saturated heterocycles. The van der Waals surface area contributed by atoms with Gasteiger partial charge in [-0.2, -0.15) is 0 Å². The van der Waals surface area contributed by atoms with Gasteiger partial charge in [0.05, 0.1) is 22.9 Å². The molecular formula is C20H16N4O2S. The molecule has 4 rings (SSSR count). The van der Waals surface area contributed by atoms with Crippen molar-refractivity contribution in [1.82, 2.24) is 15.0 Å². The molecule has 0 unspecified atom stereocenters. The number of fused-ring (bicyclic) bond motifs is 1. The monoisotopic (exact) mass is 376 g/mol. The Morgan fingerprint density at radius 1 is 1.15 bits per heavy atom. The van der Waals surface area contributed by atoms with E-state index in [4.69, 9.17) is 4.74 Å². The van der Waals surface area contributed by atoms with E-state index in [1.807, 2.05) is 43.3 Å². The van der Waals surface area contributed by atoms with Crippen molar-refractivity contribution in [2.45, 2.75) is 6.92 Å². The number of nitrogens with zero attached hydrogens (tertiary/aromatic N) is 3. The molecule has 3 aromatic heterocycles. The summed E-state index contributed by atoms with van der Waals surface area (Å²) in [6.45, 7) is 1.89. The molecule has 0 spiro atoms. The second-order valence-electron chi connectivity index (χ2n) is 5.89. The fourth-order valence-corrected chi connectivity index (χ4v) is 3.66. The number of methoxy groups -OCH3 is 1. The first kappa shape index (κ1) is 17.1. The Kier molecular flexibility index (Phi) is 4.52. The van der Waals surface area contributed by atoms with Gasteiger partial charge in [-0.05, 0) is 25.1 Å². The minimum Gasteiger partial charge on any atom is -0.496 e. The van der Waals surface area contributed by atoms with Crippen LogP contribution in [0.15, 0.2) is 55.0 Å². The summed E-state index contributed by atoms with van der Waals surface area (Å²) in [4.78, 5) is 25.8. The maximum absolute atomic E-state index is 13.0. The van der Waals surface area contributed by atoms with E-state index in [1.165, 1.54) is 11.3 Å². The van der Waals surface area contributed by atoms with Gasteiger partial charge in [-0.1, -0.05) is 29.5 Å². The molecule has 0 bridgehead atoms. The number of benzene rings is 1. The number of carbonyl (C=O) groups excluding carboxylic acids is 1. The van der Waals surface area contributed by atoms with Gasteiger partial charge in [0.25, 0.3) is 5.91 Å². The molecule has 0 aliphatic heterocycles. The molecule has 4 aromatic rings. The largest absolute Gasteiger partial charge is 0.496 e. The van der Waals surface area contributed by atoms with Gasteiger partial charge in [-0.3, -0.25) is 20.1 Å². The van der Waals surface area contributed by atoms with Crippen LogP contribution in [0.25, 0.3) is 21.3 Å². The molecule has 7 heteroatoms. The first-order chi connectivity index (χ1) is 13.2. The lowest BCUT2D eigenvalue weighted by molar-refractivity contribution is 0.102. The number of hydrogen-bond acceptors (Lipinski definition) is 6. The van der Waals surface area contributed by atoms with Crippen LogP contribution in [0.3, 0.4) is 0 Å². The fraction of sp³-hybridized carbons (Fsp3) is 0.100. The molecule has 0 aliphatic carbocycles. The Labute approximate surface area is 159 Å². The van der Waals surface area contributed by atoms with E-state index in [1.54, 1.807) is 25.7 Å². The SMILES string of the molecule is COc1ccccc1-c1cc(C)ncc1C(=O)Nc1nc2ccncc2s1. The predicted octanol–water partition coefficient (Wildman–Crippen LogP) is 4.32. The summed E-state index contributed by atoms with van der Waals surface area (Å²) < 4.78 is 6.38. The third-order valence-corrected chi connectivity index (χ3v) is 5.02. The Morgan fingerprint density at radius 2 is 2.00 bits per heavy atom. The van der Waals surface area contributed by atoms with Gasteiger partial charge in [-0.25, -0.2) is 4.98 Å². The Balaban J connectivity index is 1.73. The van der Waals surface area contributed by atoms with Gasteiger partial charge in [-0.15, -0.1) is 0 Å². The van der Waals surface area contributed by atoms with Crippen molar-refractivity contribution < 1.29 is 9.53 Å². The van der Waals surface area contributed by atoms with Gasteiger partial charge in [0, 0.05) is 35.4 Å². The highest BCUT2D eigenvalue weighted by Crippen LogP contribution is 2.33. The number of anilines is 1. The number of hydrogen-bond donors (Lipinski definition) is 1. The summed E-state index contributed by atoms with van der Waals surface area (Å²) >= 11 is 1.38. The van der Waals surface area contributed by atoms with Crippen LogP contribution in [0.4, 0.5) is 5.13 Å².